The lowest BCUT2D eigenvalue weighted by molar-refractivity contribution is -0.274. The van der Waals surface area contributed by atoms with E-state index in [-0.39, 0.29) is 10.7 Å². The van der Waals surface area contributed by atoms with Gasteiger partial charge in [-0.15, -0.1) is 0 Å². The lowest BCUT2D eigenvalue weighted by Crippen LogP contribution is -2.60. The van der Waals surface area contributed by atoms with Gasteiger partial charge in [0.15, 0.2) is 0 Å². The summed E-state index contributed by atoms with van der Waals surface area (Å²) in [5.74, 6) is 0. The van der Waals surface area contributed by atoms with Gasteiger partial charge in [0.1, 0.15) is 0 Å². The van der Waals surface area contributed by atoms with Crippen molar-refractivity contribution in [3.8, 4) is 0 Å². The number of hydrogen-bond donors (Lipinski definition) is 3. The largest absolute Gasteiger partial charge is 0.441 e. The summed E-state index contributed by atoms with van der Waals surface area (Å²) in [6, 6.07) is 1.14. The highest BCUT2D eigenvalue weighted by Gasteiger charge is 2.60. The molecule has 1 unspecified atom stereocenters. The van der Waals surface area contributed by atoms with Crippen LogP contribution in [0.3, 0.4) is 0 Å². The molecule has 4 nitrogen and oxygen atoms in total. The van der Waals surface area contributed by atoms with Crippen molar-refractivity contribution in [3.63, 3.8) is 0 Å². The van der Waals surface area contributed by atoms with Crippen molar-refractivity contribution >= 4 is 34.9 Å². The molecule has 0 radical (unpaired) electrons. The maximum atomic E-state index is 12.9. The van der Waals surface area contributed by atoms with Gasteiger partial charge in [-0.1, -0.05) is 23.2 Å². The highest BCUT2D eigenvalue weighted by Crippen LogP contribution is 2.46. The summed E-state index contributed by atoms with van der Waals surface area (Å²) in [6.45, 7) is 0. The smallest absolute Gasteiger partial charge is 0.360 e. The summed E-state index contributed by atoms with van der Waals surface area (Å²) < 4.78 is 38.7. The maximum absolute atomic E-state index is 12.9. The summed E-state index contributed by atoms with van der Waals surface area (Å²) in [5.41, 5.74) is -4.57. The number of aliphatic hydroxyl groups is 1. The molecule has 1 aliphatic heterocycles. The van der Waals surface area contributed by atoms with E-state index in [0.717, 1.165) is 6.07 Å². The summed E-state index contributed by atoms with van der Waals surface area (Å²) in [6.07, 6.45) is -5.15. The van der Waals surface area contributed by atoms with Crippen LogP contribution in [-0.4, -0.2) is 17.3 Å². The number of rotatable bonds is 0. The summed E-state index contributed by atoms with van der Waals surface area (Å²) in [5, 5.41) is 12.5. The Balaban J connectivity index is 2.75. The molecule has 1 heterocycles. The van der Waals surface area contributed by atoms with Gasteiger partial charge in [-0.05, 0) is 12.1 Å². The topological polar surface area (TPSA) is 61.4 Å². The number of nitrogens with one attached hydrogen (secondary N) is 2. The average Bonchev–Trinajstić information content (AvgIpc) is 2.21. The Labute approximate surface area is 109 Å². The fourth-order valence-electron chi connectivity index (χ4n) is 1.60. The summed E-state index contributed by atoms with van der Waals surface area (Å²) >= 11 is 11.3. The molecule has 2 rings (SSSR count). The Morgan fingerprint density at radius 3 is 2.44 bits per heavy atom. The third-order valence-electron chi connectivity index (χ3n) is 2.41. The first-order chi connectivity index (χ1) is 8.17. The Kier molecular flexibility index (Phi) is 2.88. The number of carbonyl (C=O) groups excluding carboxylic acids is 1. The Bertz CT molecular complexity index is 535. The van der Waals surface area contributed by atoms with Crippen LogP contribution in [0.25, 0.3) is 0 Å². The molecule has 0 saturated heterocycles. The second-order valence-electron chi connectivity index (χ2n) is 3.57. The van der Waals surface area contributed by atoms with Crippen molar-refractivity contribution in [1.29, 1.82) is 0 Å². The first kappa shape index (κ1) is 13.3. The van der Waals surface area contributed by atoms with Gasteiger partial charge >= 0.3 is 12.2 Å². The van der Waals surface area contributed by atoms with Crippen molar-refractivity contribution < 1.29 is 23.1 Å². The molecule has 2 amide bonds. The van der Waals surface area contributed by atoms with Crippen LogP contribution in [0.5, 0.6) is 0 Å². The van der Waals surface area contributed by atoms with E-state index in [1.54, 1.807) is 0 Å². The van der Waals surface area contributed by atoms with Crippen molar-refractivity contribution in [2.45, 2.75) is 11.9 Å². The molecule has 0 aliphatic carbocycles. The van der Waals surface area contributed by atoms with Crippen LogP contribution in [0.4, 0.5) is 23.7 Å². The highest BCUT2D eigenvalue weighted by atomic mass is 35.5. The average molecular weight is 301 g/mol. The number of anilines is 1. The van der Waals surface area contributed by atoms with Crippen molar-refractivity contribution in [2.24, 2.45) is 0 Å². The minimum Gasteiger partial charge on any atom is -0.360 e. The van der Waals surface area contributed by atoms with Gasteiger partial charge in [0.25, 0.3) is 5.72 Å². The fraction of sp³-hybridized carbons (Fsp3) is 0.222. The number of urea groups is 1. The lowest BCUT2D eigenvalue weighted by atomic mass is 9.98. The number of hydrogen-bond acceptors (Lipinski definition) is 2. The normalized spacial score (nSPS) is 23.1. The van der Waals surface area contributed by atoms with Gasteiger partial charge in [0.05, 0.1) is 21.3 Å². The van der Waals surface area contributed by atoms with Crippen molar-refractivity contribution in [1.82, 2.24) is 5.32 Å². The first-order valence-corrected chi connectivity index (χ1v) is 5.29. The SMILES string of the molecule is O=C1Nc2ccc(Cl)c(Cl)c2C(O)(C(F)(F)F)N1. The third-order valence-corrected chi connectivity index (χ3v) is 3.21. The van der Waals surface area contributed by atoms with E-state index in [0.29, 0.717) is 0 Å². The number of fused-ring (bicyclic) bond motifs is 1. The predicted octanol–water partition coefficient (Wildman–Crippen LogP) is 2.84. The second kappa shape index (κ2) is 3.91. The minimum absolute atomic E-state index is 0.170. The molecule has 1 atom stereocenters. The molecular formula is C9H5Cl2F3N2O2. The Hall–Kier alpha value is -1.18. The number of benzene rings is 1. The van der Waals surface area contributed by atoms with Gasteiger partial charge in [-0.2, -0.15) is 13.2 Å². The zero-order valence-corrected chi connectivity index (χ0v) is 9.91. The molecular weight excluding hydrogens is 296 g/mol. The van der Waals surface area contributed by atoms with Gasteiger partial charge < -0.3 is 10.4 Å². The fourth-order valence-corrected chi connectivity index (χ4v) is 2.06. The Morgan fingerprint density at radius 1 is 1.28 bits per heavy atom. The van der Waals surface area contributed by atoms with E-state index < -0.39 is 28.5 Å². The van der Waals surface area contributed by atoms with Crippen LogP contribution < -0.4 is 10.6 Å². The van der Waals surface area contributed by atoms with E-state index in [4.69, 9.17) is 23.2 Å². The first-order valence-electron chi connectivity index (χ1n) is 4.53. The van der Waals surface area contributed by atoms with Crippen molar-refractivity contribution in [2.75, 3.05) is 5.32 Å². The van der Waals surface area contributed by atoms with Crippen LogP contribution in [0.2, 0.25) is 10.0 Å². The number of halogens is 5. The van der Waals surface area contributed by atoms with Crippen LogP contribution in [0.15, 0.2) is 12.1 Å². The number of amides is 2. The molecule has 3 N–H and O–H groups in total. The second-order valence-corrected chi connectivity index (χ2v) is 4.36. The van der Waals surface area contributed by atoms with Gasteiger partial charge in [-0.3, -0.25) is 5.32 Å². The van der Waals surface area contributed by atoms with Gasteiger partial charge in [-0.25, -0.2) is 4.79 Å². The number of alkyl halides is 3. The molecule has 0 fully saturated rings. The summed E-state index contributed by atoms with van der Waals surface area (Å²) in [4.78, 5) is 11.1. The predicted molar refractivity (Wildman–Crippen MR) is 58.6 cm³/mol. The van der Waals surface area contributed by atoms with E-state index in [9.17, 15) is 23.1 Å². The van der Waals surface area contributed by atoms with Crippen LogP contribution in [0, 0.1) is 0 Å². The molecule has 98 valence electrons. The molecule has 0 saturated carbocycles. The summed E-state index contributed by atoms with van der Waals surface area (Å²) in [7, 11) is 0. The number of carbonyl (C=O) groups is 1. The zero-order valence-electron chi connectivity index (χ0n) is 8.40. The van der Waals surface area contributed by atoms with Crippen LogP contribution in [-0.2, 0) is 5.72 Å². The highest BCUT2D eigenvalue weighted by molar-refractivity contribution is 6.43. The van der Waals surface area contributed by atoms with Crippen LogP contribution in [0.1, 0.15) is 5.56 Å². The quantitative estimate of drug-likeness (QED) is 0.690. The Morgan fingerprint density at radius 2 is 1.89 bits per heavy atom. The monoisotopic (exact) mass is 300 g/mol. The zero-order chi connectivity index (χ0) is 13.7. The molecule has 0 bridgehead atoms. The molecule has 9 heteroatoms. The van der Waals surface area contributed by atoms with Gasteiger partial charge in [0, 0.05) is 0 Å². The lowest BCUT2D eigenvalue weighted by Gasteiger charge is -2.37. The molecule has 0 aromatic heterocycles. The van der Waals surface area contributed by atoms with Crippen molar-refractivity contribution in [3.05, 3.63) is 27.7 Å². The standard InChI is InChI=1S/C9H5Cl2F3N2O2/c10-3-1-2-4-5(6(3)11)8(18,9(12,13)14)16-7(17)15-4/h1-2,18H,(H2,15,16,17). The minimum atomic E-state index is -5.15. The van der Waals surface area contributed by atoms with E-state index in [2.05, 4.69) is 5.32 Å². The molecule has 1 aromatic carbocycles. The third kappa shape index (κ3) is 1.79. The van der Waals surface area contributed by atoms with E-state index >= 15 is 0 Å². The van der Waals surface area contributed by atoms with E-state index in [1.807, 2.05) is 0 Å². The molecule has 18 heavy (non-hydrogen) atoms. The molecule has 1 aliphatic rings. The van der Waals surface area contributed by atoms with E-state index in [1.165, 1.54) is 11.4 Å². The van der Waals surface area contributed by atoms with Gasteiger partial charge in [0.2, 0.25) is 0 Å². The van der Waals surface area contributed by atoms with Crippen LogP contribution >= 0.6 is 23.2 Å². The maximum Gasteiger partial charge on any atom is 0.441 e. The molecule has 0 spiro atoms. The molecule has 1 aromatic rings.